The summed E-state index contributed by atoms with van der Waals surface area (Å²) in [4.78, 5) is 51.6. The van der Waals surface area contributed by atoms with E-state index < -0.39 is 48.1 Å². The number of nitrogens with zero attached hydrogens (tertiary/aromatic N) is 1. The largest absolute Gasteiger partial charge is 0.468 e. The second kappa shape index (κ2) is 12.1. The van der Waals surface area contributed by atoms with Crippen molar-refractivity contribution in [1.82, 2.24) is 15.5 Å². The first kappa shape index (κ1) is 28.5. The Hall–Kier alpha value is -3.54. The zero-order chi connectivity index (χ0) is 26.2. The third-order valence-electron chi connectivity index (χ3n) is 4.84. The van der Waals surface area contributed by atoms with Crippen molar-refractivity contribution >= 4 is 23.9 Å². The summed E-state index contributed by atoms with van der Waals surface area (Å²) in [6, 6.07) is 5.34. The fraction of sp³-hybridized carbons (Fsp3) is 0.520. The van der Waals surface area contributed by atoms with Crippen molar-refractivity contribution < 1.29 is 28.7 Å². The number of esters is 1. The van der Waals surface area contributed by atoms with Crippen LogP contribution in [0, 0.1) is 32.2 Å². The standard InChI is InChI=1S/C25H35N3O6/c1-10-28(23(31)20(15(2)3)27-24(32)34-25(6,7)8)21(22(30)26-14-19(29)33-9)18-12-11-16(4)13-17(18)5/h1,11-13,15,20-21H,14H2,2-9H3,(H,26,30)(H,27,32). The highest BCUT2D eigenvalue weighted by Gasteiger charge is 2.37. The molecule has 0 aliphatic rings. The molecule has 0 bridgehead atoms. The van der Waals surface area contributed by atoms with Crippen molar-refractivity contribution in [3.8, 4) is 12.5 Å². The van der Waals surface area contributed by atoms with Gasteiger partial charge in [0, 0.05) is 6.04 Å². The normalized spacial score (nSPS) is 12.7. The summed E-state index contributed by atoms with van der Waals surface area (Å²) in [6.45, 7) is 11.9. The number of nitrogens with one attached hydrogen (secondary N) is 2. The van der Waals surface area contributed by atoms with Gasteiger partial charge in [-0.3, -0.25) is 19.3 Å². The van der Waals surface area contributed by atoms with Crippen LogP contribution in [0.3, 0.4) is 0 Å². The maximum absolute atomic E-state index is 13.6. The molecule has 0 radical (unpaired) electrons. The number of methoxy groups -OCH3 is 1. The lowest BCUT2D eigenvalue weighted by molar-refractivity contribution is -0.143. The van der Waals surface area contributed by atoms with E-state index in [0.29, 0.717) is 5.56 Å². The average Bonchev–Trinajstić information content (AvgIpc) is 2.72. The Morgan fingerprint density at radius 1 is 1.15 bits per heavy atom. The average molecular weight is 474 g/mol. The second-order valence-electron chi connectivity index (χ2n) is 9.26. The highest BCUT2D eigenvalue weighted by atomic mass is 16.6. The molecular formula is C25H35N3O6. The smallest absolute Gasteiger partial charge is 0.408 e. The summed E-state index contributed by atoms with van der Waals surface area (Å²) in [6.07, 6.45) is 4.94. The molecule has 0 spiro atoms. The van der Waals surface area contributed by atoms with Gasteiger partial charge in [-0.1, -0.05) is 44.0 Å². The maximum Gasteiger partial charge on any atom is 0.408 e. The van der Waals surface area contributed by atoms with Crippen LogP contribution in [-0.4, -0.2) is 54.1 Å². The van der Waals surface area contributed by atoms with Crippen LogP contribution in [-0.2, 0) is 23.9 Å². The molecule has 2 unspecified atom stereocenters. The first-order valence-corrected chi connectivity index (χ1v) is 10.9. The Morgan fingerprint density at radius 2 is 1.76 bits per heavy atom. The zero-order valence-electron chi connectivity index (χ0n) is 21.1. The third kappa shape index (κ3) is 8.10. The van der Waals surface area contributed by atoms with E-state index in [9.17, 15) is 19.2 Å². The Morgan fingerprint density at radius 3 is 2.24 bits per heavy atom. The molecule has 0 aliphatic carbocycles. The molecule has 3 amide bonds. The number of hydrogen-bond donors (Lipinski definition) is 2. The molecule has 0 fully saturated rings. The second-order valence-corrected chi connectivity index (χ2v) is 9.26. The molecule has 2 N–H and O–H groups in total. The summed E-state index contributed by atoms with van der Waals surface area (Å²) < 4.78 is 9.86. The lowest BCUT2D eigenvalue weighted by Gasteiger charge is -2.32. The first-order valence-electron chi connectivity index (χ1n) is 10.9. The lowest BCUT2D eigenvalue weighted by Crippen LogP contribution is -2.53. The van der Waals surface area contributed by atoms with Gasteiger partial charge in [0.1, 0.15) is 24.2 Å². The molecule has 0 saturated carbocycles. The Kier molecular flexibility index (Phi) is 10.1. The van der Waals surface area contributed by atoms with Crippen LogP contribution < -0.4 is 10.6 Å². The van der Waals surface area contributed by atoms with Gasteiger partial charge < -0.3 is 20.1 Å². The van der Waals surface area contributed by atoms with Gasteiger partial charge in [-0.15, -0.1) is 0 Å². The van der Waals surface area contributed by atoms with Gasteiger partial charge >= 0.3 is 12.1 Å². The zero-order valence-corrected chi connectivity index (χ0v) is 21.1. The molecule has 9 heteroatoms. The summed E-state index contributed by atoms with van der Waals surface area (Å²) >= 11 is 0. The molecule has 0 aromatic heterocycles. The van der Waals surface area contributed by atoms with E-state index >= 15 is 0 Å². The molecule has 0 heterocycles. The topological polar surface area (TPSA) is 114 Å². The lowest BCUT2D eigenvalue weighted by atomic mass is 9.95. The number of alkyl carbamates (subject to hydrolysis) is 1. The molecule has 1 aromatic rings. The van der Waals surface area contributed by atoms with Gasteiger partial charge in [0.15, 0.2) is 0 Å². The number of carbonyl (C=O) groups is 4. The van der Waals surface area contributed by atoms with Gasteiger partial charge in [0.2, 0.25) is 5.91 Å². The number of benzene rings is 1. The molecule has 1 aromatic carbocycles. The number of amides is 3. The van der Waals surface area contributed by atoms with Crippen LogP contribution in [0.25, 0.3) is 0 Å². The summed E-state index contributed by atoms with van der Waals surface area (Å²) in [5, 5.41) is 5.03. The Labute approximate surface area is 201 Å². The monoisotopic (exact) mass is 473 g/mol. The van der Waals surface area contributed by atoms with Crippen LogP contribution in [0.5, 0.6) is 0 Å². The van der Waals surface area contributed by atoms with Crippen LogP contribution in [0.15, 0.2) is 18.2 Å². The molecule has 186 valence electrons. The highest BCUT2D eigenvalue weighted by molar-refractivity contribution is 5.94. The quantitative estimate of drug-likeness (QED) is 0.341. The van der Waals surface area contributed by atoms with Gasteiger partial charge in [-0.05, 0) is 51.7 Å². The Bertz CT molecular complexity index is 958. The van der Waals surface area contributed by atoms with Crippen molar-refractivity contribution in [2.75, 3.05) is 13.7 Å². The van der Waals surface area contributed by atoms with Crippen LogP contribution in [0.4, 0.5) is 4.79 Å². The number of aryl methyl sites for hydroxylation is 2. The van der Waals surface area contributed by atoms with E-state index in [-0.39, 0.29) is 5.92 Å². The molecule has 1 rings (SSSR count). The van der Waals surface area contributed by atoms with Crippen molar-refractivity contribution in [2.45, 2.75) is 66.2 Å². The van der Waals surface area contributed by atoms with E-state index in [0.717, 1.165) is 16.0 Å². The maximum atomic E-state index is 13.6. The minimum Gasteiger partial charge on any atom is -0.468 e. The van der Waals surface area contributed by atoms with Crippen LogP contribution in [0.2, 0.25) is 0 Å². The number of carbonyl (C=O) groups excluding carboxylic acids is 4. The van der Waals surface area contributed by atoms with Gasteiger partial charge in [0.05, 0.1) is 7.11 Å². The molecular weight excluding hydrogens is 438 g/mol. The van der Waals surface area contributed by atoms with Crippen LogP contribution >= 0.6 is 0 Å². The fourth-order valence-electron chi connectivity index (χ4n) is 3.22. The van der Waals surface area contributed by atoms with E-state index in [1.54, 1.807) is 53.7 Å². The summed E-state index contributed by atoms with van der Waals surface area (Å²) in [5.74, 6) is -2.35. The SMILES string of the molecule is C#CN(C(=O)C(NC(=O)OC(C)(C)C)C(C)C)C(C(=O)NCC(=O)OC)c1ccc(C)cc1C. The fourth-order valence-corrected chi connectivity index (χ4v) is 3.22. The minimum absolute atomic E-state index is 0.367. The van der Waals surface area contributed by atoms with Gasteiger partial charge in [-0.2, -0.15) is 0 Å². The number of hydrogen-bond acceptors (Lipinski definition) is 6. The number of terminal acetylenes is 1. The molecule has 34 heavy (non-hydrogen) atoms. The number of rotatable bonds is 8. The predicted octanol–water partition coefficient (Wildman–Crippen LogP) is 2.60. The molecule has 9 nitrogen and oxygen atoms in total. The van der Waals surface area contributed by atoms with Crippen molar-refractivity contribution in [3.05, 3.63) is 34.9 Å². The molecule has 2 atom stereocenters. The number of ether oxygens (including phenoxy) is 2. The van der Waals surface area contributed by atoms with E-state index in [2.05, 4.69) is 21.4 Å². The predicted molar refractivity (Wildman–Crippen MR) is 127 cm³/mol. The van der Waals surface area contributed by atoms with E-state index in [4.69, 9.17) is 11.2 Å². The van der Waals surface area contributed by atoms with Crippen molar-refractivity contribution in [3.63, 3.8) is 0 Å². The van der Waals surface area contributed by atoms with E-state index in [1.807, 2.05) is 13.0 Å². The molecule has 0 saturated heterocycles. The Balaban J connectivity index is 3.41. The summed E-state index contributed by atoms with van der Waals surface area (Å²) in [5.41, 5.74) is 1.40. The van der Waals surface area contributed by atoms with Gasteiger partial charge in [-0.25, -0.2) is 4.79 Å². The van der Waals surface area contributed by atoms with Gasteiger partial charge in [0.25, 0.3) is 5.91 Å². The molecule has 0 aliphatic heterocycles. The third-order valence-corrected chi connectivity index (χ3v) is 4.84. The van der Waals surface area contributed by atoms with Crippen molar-refractivity contribution in [1.29, 1.82) is 0 Å². The van der Waals surface area contributed by atoms with Crippen molar-refractivity contribution in [2.24, 2.45) is 5.92 Å². The highest BCUT2D eigenvalue weighted by Crippen LogP contribution is 2.26. The first-order chi connectivity index (χ1) is 15.7. The minimum atomic E-state index is -1.25. The van der Waals surface area contributed by atoms with E-state index in [1.165, 1.54) is 7.11 Å². The van der Waals surface area contributed by atoms with Crippen LogP contribution in [0.1, 0.15) is 57.4 Å². The summed E-state index contributed by atoms with van der Waals surface area (Å²) in [7, 11) is 1.20.